The Labute approximate surface area is 220 Å². The van der Waals surface area contributed by atoms with Gasteiger partial charge < -0.3 is 19.1 Å². The van der Waals surface area contributed by atoms with Crippen LogP contribution in [0, 0.1) is 5.92 Å². The van der Waals surface area contributed by atoms with Crippen LogP contribution in [0.5, 0.6) is 5.75 Å². The minimum Gasteiger partial charge on any atom is -0.497 e. The highest BCUT2D eigenvalue weighted by molar-refractivity contribution is 5.87. The fourth-order valence-electron chi connectivity index (χ4n) is 4.62. The number of amides is 2. The first-order valence-electron chi connectivity index (χ1n) is 13.4. The van der Waals surface area contributed by atoms with Gasteiger partial charge in [-0.3, -0.25) is 9.59 Å². The van der Waals surface area contributed by atoms with E-state index in [1.54, 1.807) is 7.11 Å². The average Bonchev–Trinajstić information content (AvgIpc) is 3.69. The fraction of sp³-hybridized carbons (Fsp3) is 0.419. The number of nitrogens with zero attached hydrogens (tertiary/aromatic N) is 3. The molecule has 4 rings (SSSR count). The summed E-state index contributed by atoms with van der Waals surface area (Å²) in [7, 11) is 1.67. The molecular formula is C31H39N3O3. The zero-order valence-electron chi connectivity index (χ0n) is 22.1. The lowest BCUT2D eigenvalue weighted by Crippen LogP contribution is -2.43. The van der Waals surface area contributed by atoms with Crippen LogP contribution in [0.3, 0.4) is 0 Å². The summed E-state index contributed by atoms with van der Waals surface area (Å²) in [5.74, 6) is 1.07. The summed E-state index contributed by atoms with van der Waals surface area (Å²) in [5, 5.41) is 0. The molecule has 1 aliphatic carbocycles. The third-order valence-corrected chi connectivity index (χ3v) is 6.93. The molecule has 0 atom stereocenters. The monoisotopic (exact) mass is 501 g/mol. The summed E-state index contributed by atoms with van der Waals surface area (Å²) in [4.78, 5) is 30.4. The molecule has 0 spiro atoms. The van der Waals surface area contributed by atoms with E-state index in [1.807, 2.05) is 70.6 Å². The Kier molecular flexibility index (Phi) is 9.41. The highest BCUT2D eigenvalue weighted by Gasteiger charge is 2.34. The second-order valence-corrected chi connectivity index (χ2v) is 9.96. The molecular weight excluding hydrogens is 462 g/mol. The predicted molar refractivity (Wildman–Crippen MR) is 146 cm³/mol. The van der Waals surface area contributed by atoms with Gasteiger partial charge >= 0.3 is 0 Å². The number of carbonyl (C=O) groups excluding carboxylic acids is 2. The maximum atomic E-state index is 13.7. The Morgan fingerprint density at radius 1 is 0.919 bits per heavy atom. The quantitative estimate of drug-likeness (QED) is 0.274. The van der Waals surface area contributed by atoms with E-state index < -0.39 is 0 Å². The van der Waals surface area contributed by atoms with Crippen LogP contribution in [-0.2, 0) is 29.2 Å². The van der Waals surface area contributed by atoms with Gasteiger partial charge in [-0.25, -0.2) is 0 Å². The van der Waals surface area contributed by atoms with Crippen molar-refractivity contribution >= 4 is 11.8 Å². The minimum absolute atomic E-state index is 0.0107. The molecule has 1 fully saturated rings. The fourth-order valence-corrected chi connectivity index (χ4v) is 4.62. The number of hydrogen-bond donors (Lipinski definition) is 0. The summed E-state index contributed by atoms with van der Waals surface area (Å²) in [6.45, 7) is 4.62. The van der Waals surface area contributed by atoms with Crippen molar-refractivity contribution in [3.8, 4) is 5.75 Å². The number of ether oxygens (including phenoxy) is 1. The van der Waals surface area contributed by atoms with Crippen LogP contribution in [0.1, 0.15) is 55.8 Å². The molecule has 0 saturated heterocycles. The van der Waals surface area contributed by atoms with Gasteiger partial charge in [-0.1, -0.05) is 62.2 Å². The van der Waals surface area contributed by atoms with Gasteiger partial charge in [0.2, 0.25) is 11.8 Å². The second-order valence-electron chi connectivity index (χ2n) is 9.96. The summed E-state index contributed by atoms with van der Waals surface area (Å²) >= 11 is 0. The first-order chi connectivity index (χ1) is 18.1. The van der Waals surface area contributed by atoms with Gasteiger partial charge in [0.15, 0.2) is 0 Å². The molecule has 37 heavy (non-hydrogen) atoms. The van der Waals surface area contributed by atoms with E-state index in [2.05, 4.69) is 23.6 Å². The van der Waals surface area contributed by atoms with Gasteiger partial charge in [0, 0.05) is 37.4 Å². The van der Waals surface area contributed by atoms with E-state index in [1.165, 1.54) is 0 Å². The summed E-state index contributed by atoms with van der Waals surface area (Å²) in [5.41, 5.74) is 3.26. The summed E-state index contributed by atoms with van der Waals surface area (Å²) in [6, 6.07) is 22.2. The molecule has 2 aromatic carbocycles. The van der Waals surface area contributed by atoms with E-state index in [0.717, 1.165) is 54.7 Å². The summed E-state index contributed by atoms with van der Waals surface area (Å²) in [6.07, 6.45) is 7.03. The molecule has 2 amide bonds. The molecule has 0 radical (unpaired) electrons. The van der Waals surface area contributed by atoms with Crippen molar-refractivity contribution in [2.45, 2.75) is 58.7 Å². The van der Waals surface area contributed by atoms with Crippen LogP contribution in [-0.4, -0.2) is 46.4 Å². The molecule has 1 saturated carbocycles. The van der Waals surface area contributed by atoms with Gasteiger partial charge in [-0.05, 0) is 54.7 Å². The lowest BCUT2D eigenvalue weighted by molar-refractivity contribution is -0.142. The van der Waals surface area contributed by atoms with E-state index in [9.17, 15) is 9.59 Å². The number of methoxy groups -OCH3 is 1. The molecule has 3 aromatic rings. The van der Waals surface area contributed by atoms with Crippen molar-refractivity contribution in [3.63, 3.8) is 0 Å². The lowest BCUT2D eigenvalue weighted by atomic mass is 10.2. The van der Waals surface area contributed by atoms with Gasteiger partial charge in [0.1, 0.15) is 5.75 Å². The van der Waals surface area contributed by atoms with Crippen LogP contribution < -0.4 is 4.74 Å². The van der Waals surface area contributed by atoms with Crippen LogP contribution in [0.15, 0.2) is 72.9 Å². The normalized spacial score (nSPS) is 12.8. The van der Waals surface area contributed by atoms with E-state index in [0.29, 0.717) is 26.2 Å². The van der Waals surface area contributed by atoms with E-state index in [-0.39, 0.29) is 24.3 Å². The third-order valence-electron chi connectivity index (χ3n) is 6.93. The highest BCUT2D eigenvalue weighted by Crippen LogP contribution is 2.31. The highest BCUT2D eigenvalue weighted by atomic mass is 16.5. The summed E-state index contributed by atoms with van der Waals surface area (Å²) < 4.78 is 7.56. The molecule has 6 heteroatoms. The van der Waals surface area contributed by atoms with Crippen LogP contribution >= 0.6 is 0 Å². The molecule has 0 aliphatic heterocycles. The topological polar surface area (TPSA) is 54.8 Å². The number of rotatable bonds is 14. The van der Waals surface area contributed by atoms with Crippen LogP contribution in [0.25, 0.3) is 0 Å². The van der Waals surface area contributed by atoms with Gasteiger partial charge in [-0.15, -0.1) is 0 Å². The van der Waals surface area contributed by atoms with Crippen molar-refractivity contribution in [2.75, 3.05) is 20.2 Å². The van der Waals surface area contributed by atoms with Gasteiger partial charge in [0.25, 0.3) is 0 Å². The van der Waals surface area contributed by atoms with E-state index >= 15 is 0 Å². The second kappa shape index (κ2) is 13.1. The predicted octanol–water partition coefficient (Wildman–Crippen LogP) is 5.50. The Morgan fingerprint density at radius 3 is 2.43 bits per heavy atom. The Morgan fingerprint density at radius 2 is 1.70 bits per heavy atom. The molecule has 6 nitrogen and oxygen atoms in total. The standard InChI is InChI=1S/C31H39N3O3/c1-3-4-8-18-33(31(36)27-16-17-27)24-30(35)34(21-25-11-6-5-7-12-25)23-28-14-10-19-32(28)22-26-13-9-15-29(20-26)37-2/h5-7,9-15,19-20,27H,3-4,8,16-18,21-24H2,1-2H3. The largest absolute Gasteiger partial charge is 0.497 e. The number of benzene rings is 2. The average molecular weight is 502 g/mol. The van der Waals surface area contributed by atoms with Crippen molar-refractivity contribution in [1.29, 1.82) is 0 Å². The molecule has 0 bridgehead atoms. The molecule has 0 unspecified atom stereocenters. The zero-order chi connectivity index (χ0) is 26.0. The third kappa shape index (κ3) is 7.72. The first-order valence-corrected chi connectivity index (χ1v) is 13.4. The lowest BCUT2D eigenvalue weighted by Gasteiger charge is -2.28. The first kappa shape index (κ1) is 26.5. The Hall–Kier alpha value is -3.54. The zero-order valence-corrected chi connectivity index (χ0v) is 22.1. The van der Waals surface area contributed by atoms with Crippen LogP contribution in [0.4, 0.5) is 0 Å². The van der Waals surface area contributed by atoms with Crippen molar-refractivity contribution in [1.82, 2.24) is 14.4 Å². The SMILES string of the molecule is CCCCCN(CC(=O)N(Cc1ccccc1)Cc1cccn1Cc1cccc(OC)c1)C(=O)C1CC1. The van der Waals surface area contributed by atoms with Gasteiger partial charge in [-0.2, -0.15) is 0 Å². The number of unbranched alkanes of at least 4 members (excludes halogenated alkanes) is 2. The van der Waals surface area contributed by atoms with Gasteiger partial charge in [0.05, 0.1) is 20.2 Å². The maximum absolute atomic E-state index is 13.7. The van der Waals surface area contributed by atoms with E-state index in [4.69, 9.17) is 4.74 Å². The molecule has 1 heterocycles. The smallest absolute Gasteiger partial charge is 0.242 e. The molecule has 1 aliphatic rings. The van der Waals surface area contributed by atoms with Crippen molar-refractivity contribution in [2.24, 2.45) is 5.92 Å². The molecule has 1 aromatic heterocycles. The van der Waals surface area contributed by atoms with Crippen LogP contribution in [0.2, 0.25) is 0 Å². The maximum Gasteiger partial charge on any atom is 0.242 e. The number of aromatic nitrogens is 1. The Balaban J connectivity index is 1.51. The number of carbonyl (C=O) groups is 2. The number of hydrogen-bond acceptors (Lipinski definition) is 3. The minimum atomic E-state index is -0.0107. The van der Waals surface area contributed by atoms with Crippen molar-refractivity contribution < 1.29 is 14.3 Å². The molecule has 196 valence electrons. The van der Waals surface area contributed by atoms with Crippen molar-refractivity contribution in [3.05, 3.63) is 89.7 Å². The Bertz CT molecular complexity index is 1150. The molecule has 0 N–H and O–H groups in total.